The van der Waals surface area contributed by atoms with Gasteiger partial charge in [-0.3, -0.25) is 0 Å². The number of fused-ring (bicyclic) bond motifs is 1. The summed E-state index contributed by atoms with van der Waals surface area (Å²) in [6, 6.07) is 8.21. The molecule has 3 heterocycles. The molecule has 1 aromatic carbocycles. The van der Waals surface area contributed by atoms with Crippen molar-refractivity contribution in [2.45, 2.75) is 34.1 Å². The van der Waals surface area contributed by atoms with Crippen molar-refractivity contribution in [3.8, 4) is 11.4 Å². The van der Waals surface area contributed by atoms with E-state index in [-0.39, 0.29) is 0 Å². The molecular weight excluding hydrogens is 382 g/mol. The van der Waals surface area contributed by atoms with E-state index in [4.69, 9.17) is 4.74 Å². The fourth-order valence-electron chi connectivity index (χ4n) is 3.83. The van der Waals surface area contributed by atoms with E-state index in [2.05, 4.69) is 51.0 Å². The molecule has 6 nitrogen and oxygen atoms in total. The van der Waals surface area contributed by atoms with Gasteiger partial charge in [-0.25, -0.2) is 4.98 Å². The van der Waals surface area contributed by atoms with Crippen LogP contribution in [0.3, 0.4) is 0 Å². The van der Waals surface area contributed by atoms with Gasteiger partial charge in [0.1, 0.15) is 5.75 Å². The molecule has 0 unspecified atom stereocenters. The van der Waals surface area contributed by atoms with Crippen LogP contribution in [0, 0.1) is 20.8 Å². The zero-order chi connectivity index (χ0) is 20.4. The van der Waals surface area contributed by atoms with Crippen LogP contribution >= 0.6 is 11.3 Å². The fourth-order valence-corrected chi connectivity index (χ4v) is 4.45. The van der Waals surface area contributed by atoms with Gasteiger partial charge in [-0.05, 0) is 52.0 Å². The van der Waals surface area contributed by atoms with Crippen LogP contribution in [0.15, 0.2) is 35.8 Å². The van der Waals surface area contributed by atoms with Gasteiger partial charge >= 0.3 is 0 Å². The summed E-state index contributed by atoms with van der Waals surface area (Å²) in [7, 11) is 0. The highest BCUT2D eigenvalue weighted by Gasteiger charge is 2.19. The zero-order valence-corrected chi connectivity index (χ0v) is 18.0. The fraction of sp³-hybridized carbons (Fsp3) is 0.318. The third-order valence-electron chi connectivity index (χ3n) is 5.06. The maximum Gasteiger partial charge on any atom is 0.158 e. The van der Waals surface area contributed by atoms with Crippen LogP contribution in [-0.4, -0.2) is 32.9 Å². The lowest BCUT2D eigenvalue weighted by Crippen LogP contribution is -2.08. The molecule has 0 aliphatic heterocycles. The number of thiazole rings is 1. The third kappa shape index (κ3) is 3.70. The maximum atomic E-state index is 5.59. The second kappa shape index (κ2) is 8.21. The largest absolute Gasteiger partial charge is 0.494 e. The average molecular weight is 408 g/mol. The lowest BCUT2D eigenvalue weighted by Gasteiger charge is -2.11. The van der Waals surface area contributed by atoms with E-state index in [0.29, 0.717) is 6.61 Å². The maximum absolute atomic E-state index is 5.59. The molecule has 3 aromatic heterocycles. The lowest BCUT2D eigenvalue weighted by atomic mass is 10.1. The molecule has 29 heavy (non-hydrogen) atoms. The predicted molar refractivity (Wildman–Crippen MR) is 119 cm³/mol. The molecule has 0 amide bonds. The summed E-state index contributed by atoms with van der Waals surface area (Å²) in [5, 5.41) is 17.8. The van der Waals surface area contributed by atoms with Crippen LogP contribution in [-0.2, 0) is 6.42 Å². The van der Waals surface area contributed by atoms with Crippen molar-refractivity contribution < 1.29 is 4.74 Å². The molecule has 0 radical (unpaired) electrons. The van der Waals surface area contributed by atoms with Crippen LogP contribution in [0.2, 0.25) is 0 Å². The highest BCUT2D eigenvalue weighted by atomic mass is 32.1. The standard InChI is InChI=1S/C22H25N5OS/c1-5-28-18-8-6-17(7-9-18)27-15(3)20-14(2)25-26-22(21(20)16(27)4)24-11-10-19-23-12-13-29-19/h6-9,12-13H,5,10-11H2,1-4H3,(H,24,26). The predicted octanol–water partition coefficient (Wildman–Crippen LogP) is 4.86. The third-order valence-corrected chi connectivity index (χ3v) is 5.90. The van der Waals surface area contributed by atoms with Crippen molar-refractivity contribution in [2.24, 2.45) is 0 Å². The van der Waals surface area contributed by atoms with Gasteiger partial charge in [0.25, 0.3) is 0 Å². The van der Waals surface area contributed by atoms with Crippen molar-refractivity contribution in [1.29, 1.82) is 0 Å². The average Bonchev–Trinajstić information content (AvgIpc) is 3.32. The molecule has 4 aromatic rings. The lowest BCUT2D eigenvalue weighted by molar-refractivity contribution is 0.340. The molecule has 4 rings (SSSR count). The van der Waals surface area contributed by atoms with Crippen molar-refractivity contribution >= 4 is 27.9 Å². The second-order valence-corrected chi connectivity index (χ2v) is 7.90. The Labute approximate surface area is 174 Å². The minimum absolute atomic E-state index is 0.664. The summed E-state index contributed by atoms with van der Waals surface area (Å²) < 4.78 is 7.85. The van der Waals surface area contributed by atoms with E-state index >= 15 is 0 Å². The Morgan fingerprint density at radius 3 is 2.48 bits per heavy atom. The molecule has 1 N–H and O–H groups in total. The molecule has 0 atom stereocenters. The number of hydrogen-bond donors (Lipinski definition) is 1. The number of nitrogens with one attached hydrogen (secondary N) is 1. The van der Waals surface area contributed by atoms with Gasteiger partial charge in [-0.1, -0.05) is 0 Å². The number of aryl methyl sites for hydroxylation is 3. The molecule has 7 heteroatoms. The van der Waals surface area contributed by atoms with Gasteiger partial charge in [0.15, 0.2) is 5.82 Å². The molecule has 150 valence electrons. The monoisotopic (exact) mass is 407 g/mol. The smallest absolute Gasteiger partial charge is 0.158 e. The number of ether oxygens (including phenoxy) is 1. The highest BCUT2D eigenvalue weighted by molar-refractivity contribution is 7.09. The Morgan fingerprint density at radius 1 is 1.03 bits per heavy atom. The molecule has 0 aliphatic rings. The van der Waals surface area contributed by atoms with Gasteiger partial charge < -0.3 is 14.6 Å². The summed E-state index contributed by atoms with van der Waals surface area (Å²) in [4.78, 5) is 4.35. The molecule has 0 saturated heterocycles. The highest BCUT2D eigenvalue weighted by Crippen LogP contribution is 2.34. The first-order valence-corrected chi connectivity index (χ1v) is 10.7. The van der Waals surface area contributed by atoms with Gasteiger partial charge in [0.05, 0.1) is 17.3 Å². The minimum Gasteiger partial charge on any atom is -0.494 e. The SMILES string of the molecule is CCOc1ccc(-n2c(C)c3c(C)nnc(NCCc4nccs4)c3c2C)cc1. The molecule has 0 aliphatic carbocycles. The molecule has 0 bridgehead atoms. The number of anilines is 1. The van der Waals surface area contributed by atoms with Crippen molar-refractivity contribution in [3.05, 3.63) is 57.9 Å². The quantitative estimate of drug-likeness (QED) is 0.474. The Balaban J connectivity index is 1.72. The number of nitrogens with zero attached hydrogens (tertiary/aromatic N) is 4. The number of benzene rings is 1. The van der Waals surface area contributed by atoms with Gasteiger partial charge in [0.2, 0.25) is 0 Å². The van der Waals surface area contributed by atoms with Crippen LogP contribution in [0.1, 0.15) is 29.0 Å². The van der Waals surface area contributed by atoms with Crippen molar-refractivity contribution in [3.63, 3.8) is 0 Å². The summed E-state index contributed by atoms with van der Waals surface area (Å²) in [6.45, 7) is 9.72. The van der Waals surface area contributed by atoms with Gasteiger partial charge in [-0.2, -0.15) is 5.10 Å². The summed E-state index contributed by atoms with van der Waals surface area (Å²) in [5.74, 6) is 1.71. The van der Waals surface area contributed by atoms with Gasteiger partial charge in [0, 0.05) is 52.4 Å². The first-order chi connectivity index (χ1) is 14.1. The van der Waals surface area contributed by atoms with Crippen LogP contribution in [0.25, 0.3) is 16.5 Å². The minimum atomic E-state index is 0.664. The summed E-state index contributed by atoms with van der Waals surface area (Å²) in [5.41, 5.74) is 4.36. The van der Waals surface area contributed by atoms with E-state index in [1.165, 1.54) is 0 Å². The Kier molecular flexibility index (Phi) is 5.49. The molecule has 0 saturated carbocycles. The Morgan fingerprint density at radius 2 is 1.79 bits per heavy atom. The molecule has 0 spiro atoms. The van der Waals surface area contributed by atoms with Crippen LogP contribution < -0.4 is 10.1 Å². The normalized spacial score (nSPS) is 11.2. The van der Waals surface area contributed by atoms with Crippen molar-refractivity contribution in [1.82, 2.24) is 19.7 Å². The molecule has 0 fully saturated rings. The van der Waals surface area contributed by atoms with Crippen LogP contribution in [0.4, 0.5) is 5.82 Å². The van der Waals surface area contributed by atoms with Crippen molar-refractivity contribution in [2.75, 3.05) is 18.5 Å². The summed E-state index contributed by atoms with van der Waals surface area (Å²) in [6.07, 6.45) is 2.71. The molecular formula is C22H25N5OS. The first kappa shape index (κ1) is 19.4. The van der Waals surface area contributed by atoms with E-state index < -0.39 is 0 Å². The Hall–Kier alpha value is -2.93. The number of rotatable bonds is 7. The first-order valence-electron chi connectivity index (χ1n) is 9.80. The van der Waals surface area contributed by atoms with Gasteiger partial charge in [-0.15, -0.1) is 16.4 Å². The van der Waals surface area contributed by atoms with E-state index in [0.717, 1.165) is 63.1 Å². The summed E-state index contributed by atoms with van der Waals surface area (Å²) >= 11 is 1.67. The van der Waals surface area contributed by atoms with E-state index in [9.17, 15) is 0 Å². The van der Waals surface area contributed by atoms with E-state index in [1.54, 1.807) is 11.3 Å². The topological polar surface area (TPSA) is 64.9 Å². The zero-order valence-electron chi connectivity index (χ0n) is 17.2. The number of aromatic nitrogens is 4. The van der Waals surface area contributed by atoms with E-state index in [1.807, 2.05) is 37.6 Å². The second-order valence-electron chi connectivity index (χ2n) is 6.92. The van der Waals surface area contributed by atoms with Crippen LogP contribution in [0.5, 0.6) is 5.75 Å². The number of hydrogen-bond acceptors (Lipinski definition) is 6. The Bertz CT molecular complexity index is 1120.